The molecule has 0 spiro atoms. The maximum absolute atomic E-state index is 11.8. The number of alkyl halides is 3. The van der Waals surface area contributed by atoms with Gasteiger partial charge in [0, 0.05) is 24.9 Å². The maximum atomic E-state index is 11.8. The highest BCUT2D eigenvalue weighted by atomic mass is 19.4. The lowest BCUT2D eigenvalue weighted by Gasteiger charge is -2.11. The zero-order valence-corrected chi connectivity index (χ0v) is 14.5. The van der Waals surface area contributed by atoms with Gasteiger partial charge in [-0.15, -0.1) is 0 Å². The van der Waals surface area contributed by atoms with Crippen LogP contribution in [-0.2, 0) is 20.9 Å². The molecule has 0 unspecified atom stereocenters. The van der Waals surface area contributed by atoms with Crippen LogP contribution in [0.5, 0.6) is 0 Å². The Morgan fingerprint density at radius 2 is 1.89 bits per heavy atom. The first-order valence-corrected chi connectivity index (χ1v) is 7.51. The molecule has 0 radical (unpaired) electrons. The van der Waals surface area contributed by atoms with Crippen molar-refractivity contribution >= 4 is 17.8 Å². The topological polar surface area (TPSA) is 127 Å². The van der Waals surface area contributed by atoms with Crippen LogP contribution in [0.25, 0.3) is 11.3 Å². The summed E-state index contributed by atoms with van der Waals surface area (Å²) in [5.41, 5.74) is 1.64. The summed E-state index contributed by atoms with van der Waals surface area (Å²) < 4.78 is 33.0. The third kappa shape index (κ3) is 7.76. The first-order valence-electron chi connectivity index (χ1n) is 7.51. The van der Waals surface area contributed by atoms with E-state index in [-0.39, 0.29) is 19.0 Å². The van der Waals surface area contributed by atoms with Crippen molar-refractivity contribution in [3.05, 3.63) is 42.9 Å². The second-order valence-corrected chi connectivity index (χ2v) is 5.26. The Morgan fingerprint density at radius 1 is 1.25 bits per heavy atom. The van der Waals surface area contributed by atoms with E-state index >= 15 is 0 Å². The molecule has 0 bridgehead atoms. The molecule has 2 aromatic heterocycles. The molecule has 2 aromatic rings. The van der Waals surface area contributed by atoms with E-state index in [2.05, 4.69) is 10.1 Å². The number of halogens is 3. The first kappa shape index (κ1) is 22.5. The maximum Gasteiger partial charge on any atom is 0.430 e. The zero-order valence-electron chi connectivity index (χ0n) is 14.5. The summed E-state index contributed by atoms with van der Waals surface area (Å²) >= 11 is 0. The summed E-state index contributed by atoms with van der Waals surface area (Å²) in [6.07, 6.45) is -0.218. The minimum atomic E-state index is -5.19. The highest BCUT2D eigenvalue weighted by Crippen LogP contribution is 2.12. The monoisotopic (exact) mass is 400 g/mol. The SMILES string of the molecule is CN(CC(=O)O)C(=O)C[n+]1ccc(-c2ccccn2)cn1.O=C([O-])C(F)(F)F. The van der Waals surface area contributed by atoms with E-state index < -0.39 is 18.1 Å². The van der Waals surface area contributed by atoms with Crippen LogP contribution in [0.15, 0.2) is 42.9 Å². The van der Waals surface area contributed by atoms with Crippen LogP contribution in [0.3, 0.4) is 0 Å². The quantitative estimate of drug-likeness (QED) is 0.656. The predicted octanol–water partition coefficient (Wildman–Crippen LogP) is -0.727. The van der Waals surface area contributed by atoms with Gasteiger partial charge >= 0.3 is 12.1 Å². The first-order chi connectivity index (χ1) is 13.0. The second-order valence-electron chi connectivity index (χ2n) is 5.26. The largest absolute Gasteiger partial charge is 0.542 e. The van der Waals surface area contributed by atoms with Gasteiger partial charge in [-0.25, -0.2) is 0 Å². The molecule has 0 fully saturated rings. The highest BCUT2D eigenvalue weighted by Gasteiger charge is 2.28. The number of carboxylic acid groups (broad SMARTS) is 2. The number of aliphatic carboxylic acids is 2. The predicted molar refractivity (Wildman–Crippen MR) is 84.0 cm³/mol. The van der Waals surface area contributed by atoms with Crippen molar-refractivity contribution < 1.29 is 42.4 Å². The van der Waals surface area contributed by atoms with Crippen molar-refractivity contribution in [1.29, 1.82) is 0 Å². The van der Waals surface area contributed by atoms with E-state index in [4.69, 9.17) is 15.0 Å². The molecule has 0 saturated heterocycles. The van der Waals surface area contributed by atoms with E-state index in [1.54, 1.807) is 24.7 Å². The fourth-order valence-electron chi connectivity index (χ4n) is 1.71. The average Bonchev–Trinajstić information content (AvgIpc) is 2.62. The number of nitrogens with zero attached hydrogens (tertiary/aromatic N) is 4. The molecule has 0 saturated carbocycles. The molecule has 1 amide bonds. The number of carbonyl (C=O) groups excluding carboxylic acids is 2. The number of carbonyl (C=O) groups is 3. The Balaban J connectivity index is 0.000000480. The van der Waals surface area contributed by atoms with Crippen LogP contribution < -0.4 is 9.79 Å². The molecule has 0 aliphatic rings. The number of likely N-dealkylation sites (N-methyl/N-ethyl adjacent to an activating group) is 1. The Hall–Kier alpha value is -3.57. The van der Waals surface area contributed by atoms with Crippen LogP contribution in [0.4, 0.5) is 13.2 Å². The summed E-state index contributed by atoms with van der Waals surface area (Å²) in [5.74, 6) is -4.37. The third-order valence-corrected chi connectivity index (χ3v) is 3.06. The summed E-state index contributed by atoms with van der Waals surface area (Å²) in [5, 5.41) is 21.6. The van der Waals surface area contributed by atoms with E-state index in [0.29, 0.717) is 0 Å². The van der Waals surface area contributed by atoms with E-state index in [1.807, 2.05) is 18.2 Å². The zero-order chi connectivity index (χ0) is 21.3. The lowest BCUT2D eigenvalue weighted by atomic mass is 10.2. The molecule has 12 heteroatoms. The van der Waals surface area contributed by atoms with Crippen molar-refractivity contribution in [2.45, 2.75) is 12.7 Å². The molecule has 0 aliphatic carbocycles. The lowest BCUT2D eigenvalue weighted by molar-refractivity contribution is -0.742. The Labute approximate surface area is 156 Å². The summed E-state index contributed by atoms with van der Waals surface area (Å²) in [6, 6.07) is 7.39. The summed E-state index contributed by atoms with van der Waals surface area (Å²) in [6.45, 7) is -0.336. The van der Waals surface area contributed by atoms with E-state index in [9.17, 15) is 22.8 Å². The Morgan fingerprint density at radius 3 is 2.32 bits per heavy atom. The summed E-state index contributed by atoms with van der Waals surface area (Å²) in [4.78, 5) is 36.5. The van der Waals surface area contributed by atoms with Gasteiger partial charge in [-0.2, -0.15) is 13.2 Å². The number of amides is 1. The number of hydrogen-bond acceptors (Lipinski definition) is 6. The number of rotatable bonds is 5. The third-order valence-electron chi connectivity index (χ3n) is 3.06. The number of carboxylic acids is 2. The molecule has 28 heavy (non-hydrogen) atoms. The summed E-state index contributed by atoms with van der Waals surface area (Å²) in [7, 11) is 1.44. The molecule has 2 rings (SSSR count). The van der Waals surface area contributed by atoms with Gasteiger partial charge in [0.1, 0.15) is 18.7 Å². The molecule has 2 heterocycles. The fraction of sp³-hybridized carbons (Fsp3) is 0.250. The van der Waals surface area contributed by atoms with Gasteiger partial charge in [-0.05, 0) is 17.2 Å². The van der Waals surface area contributed by atoms with Crippen LogP contribution in [0, 0.1) is 0 Å². The number of aromatic nitrogens is 3. The molecular weight excluding hydrogens is 385 g/mol. The molecule has 0 aliphatic heterocycles. The lowest BCUT2D eigenvalue weighted by Crippen LogP contribution is -2.46. The van der Waals surface area contributed by atoms with E-state index in [0.717, 1.165) is 16.2 Å². The Bertz CT molecular complexity index is 813. The van der Waals surface area contributed by atoms with Crippen molar-refractivity contribution in [2.24, 2.45) is 0 Å². The van der Waals surface area contributed by atoms with Gasteiger partial charge in [0.25, 0.3) is 12.5 Å². The molecule has 150 valence electrons. The average molecular weight is 400 g/mol. The minimum Gasteiger partial charge on any atom is -0.542 e. The van der Waals surface area contributed by atoms with Gasteiger partial charge < -0.3 is 19.9 Å². The van der Waals surface area contributed by atoms with Crippen LogP contribution in [0.1, 0.15) is 0 Å². The standard InChI is InChI=1S/C14H14N4O3.C2HF3O2/c1-17(10-14(20)21)13(19)9-18-7-5-11(8-16-18)12-4-2-3-6-15-12;3-2(4,5)1(6)7/h2-8H,9-10H2,1H3;(H,6,7). The van der Waals surface area contributed by atoms with Gasteiger partial charge in [-0.1, -0.05) is 10.7 Å². The van der Waals surface area contributed by atoms with Crippen molar-refractivity contribution in [3.63, 3.8) is 0 Å². The highest BCUT2D eigenvalue weighted by molar-refractivity contribution is 5.80. The van der Waals surface area contributed by atoms with Crippen LogP contribution in [0.2, 0.25) is 0 Å². The second kappa shape index (κ2) is 9.94. The normalized spacial score (nSPS) is 10.4. The number of hydrogen-bond donors (Lipinski definition) is 1. The minimum absolute atomic E-state index is 0.00766. The molecule has 1 N–H and O–H groups in total. The molecule has 0 aromatic carbocycles. The fourth-order valence-corrected chi connectivity index (χ4v) is 1.71. The number of pyridine rings is 1. The van der Waals surface area contributed by atoms with Gasteiger partial charge in [-0.3, -0.25) is 14.6 Å². The van der Waals surface area contributed by atoms with Crippen molar-refractivity contribution in [1.82, 2.24) is 15.0 Å². The van der Waals surface area contributed by atoms with Crippen molar-refractivity contribution in [2.75, 3.05) is 13.6 Å². The van der Waals surface area contributed by atoms with E-state index in [1.165, 1.54) is 11.7 Å². The molecule has 9 nitrogen and oxygen atoms in total. The smallest absolute Gasteiger partial charge is 0.430 e. The Kier molecular flexibility index (Phi) is 7.98. The molecular formula is C16H15F3N4O5. The van der Waals surface area contributed by atoms with Gasteiger partial charge in [0.05, 0.1) is 5.69 Å². The van der Waals surface area contributed by atoms with Gasteiger partial charge in [0.2, 0.25) is 0 Å². The van der Waals surface area contributed by atoms with Gasteiger partial charge in [0.15, 0.2) is 6.20 Å². The van der Waals surface area contributed by atoms with Crippen molar-refractivity contribution in [3.8, 4) is 11.3 Å². The molecule has 0 atom stereocenters. The van der Waals surface area contributed by atoms with Crippen LogP contribution >= 0.6 is 0 Å². The van der Waals surface area contributed by atoms with Crippen LogP contribution in [-0.4, -0.2) is 57.7 Å².